The van der Waals surface area contributed by atoms with E-state index in [0.717, 1.165) is 29.9 Å². The number of aromatic nitrogens is 3. The van der Waals surface area contributed by atoms with Crippen molar-refractivity contribution in [3.63, 3.8) is 0 Å². The van der Waals surface area contributed by atoms with E-state index in [-0.39, 0.29) is 0 Å². The minimum Gasteiger partial charge on any atom is -0.481 e. The minimum absolute atomic E-state index is 0.482. The fourth-order valence-electron chi connectivity index (χ4n) is 1.84. The summed E-state index contributed by atoms with van der Waals surface area (Å²) in [7, 11) is 1.59. The Hall–Kier alpha value is -2.17. The fraction of sp³-hybridized carbons (Fsp3) is 0.308. The molecule has 5 heteroatoms. The normalized spacial score (nSPS) is 14.5. The summed E-state index contributed by atoms with van der Waals surface area (Å²) in [6, 6.07) is 5.51. The van der Waals surface area contributed by atoms with Gasteiger partial charge in [0.05, 0.1) is 12.8 Å². The summed E-state index contributed by atoms with van der Waals surface area (Å²) in [5, 5.41) is 0. The Morgan fingerprint density at radius 1 is 1.28 bits per heavy atom. The maximum Gasteiger partial charge on any atom is 0.213 e. The van der Waals surface area contributed by atoms with Crippen LogP contribution in [0.15, 0.2) is 24.4 Å². The Bertz CT molecular complexity index is 581. The largest absolute Gasteiger partial charge is 0.481 e. The van der Waals surface area contributed by atoms with Crippen LogP contribution in [-0.4, -0.2) is 22.1 Å². The van der Waals surface area contributed by atoms with Crippen LogP contribution in [-0.2, 0) is 0 Å². The summed E-state index contributed by atoms with van der Waals surface area (Å²) in [4.78, 5) is 12.9. The predicted molar refractivity (Wildman–Crippen MR) is 68.2 cm³/mol. The highest BCUT2D eigenvalue weighted by atomic mass is 16.5. The zero-order chi connectivity index (χ0) is 12.5. The first kappa shape index (κ1) is 11.0. The van der Waals surface area contributed by atoms with Gasteiger partial charge in [-0.05, 0) is 18.9 Å². The predicted octanol–water partition coefficient (Wildman–Crippen LogP) is 2.01. The van der Waals surface area contributed by atoms with Gasteiger partial charge in [0.25, 0.3) is 0 Å². The van der Waals surface area contributed by atoms with Gasteiger partial charge in [0.15, 0.2) is 0 Å². The monoisotopic (exact) mass is 242 g/mol. The standard InChI is InChI=1S/C13H14N4O/c1-18-12-6-9(4-5-15-12)10-7-11(14)17-13(16-10)8-2-3-8/h4-8H,2-3H2,1H3,(H2,14,16,17). The number of pyridine rings is 1. The van der Waals surface area contributed by atoms with Crippen LogP contribution in [0.25, 0.3) is 11.3 Å². The molecule has 2 heterocycles. The first-order chi connectivity index (χ1) is 8.76. The molecule has 0 saturated heterocycles. The second-order valence-electron chi connectivity index (χ2n) is 4.40. The summed E-state index contributed by atoms with van der Waals surface area (Å²) in [5.41, 5.74) is 7.60. The van der Waals surface area contributed by atoms with Gasteiger partial charge in [-0.1, -0.05) is 0 Å². The Balaban J connectivity index is 2.04. The van der Waals surface area contributed by atoms with Gasteiger partial charge in [0.1, 0.15) is 11.6 Å². The molecule has 0 bridgehead atoms. The van der Waals surface area contributed by atoms with Crippen LogP contribution in [0.4, 0.5) is 5.82 Å². The van der Waals surface area contributed by atoms with Crippen molar-refractivity contribution in [3.05, 3.63) is 30.2 Å². The first-order valence-electron chi connectivity index (χ1n) is 5.91. The summed E-state index contributed by atoms with van der Waals surface area (Å²) in [5.74, 6) is 2.41. The van der Waals surface area contributed by atoms with Gasteiger partial charge < -0.3 is 10.5 Å². The Morgan fingerprint density at radius 3 is 2.83 bits per heavy atom. The molecule has 2 aromatic rings. The lowest BCUT2D eigenvalue weighted by atomic mass is 10.2. The summed E-state index contributed by atoms with van der Waals surface area (Å²) >= 11 is 0. The van der Waals surface area contributed by atoms with Crippen LogP contribution in [0.2, 0.25) is 0 Å². The van der Waals surface area contributed by atoms with E-state index >= 15 is 0 Å². The number of nitrogen functional groups attached to an aromatic ring is 1. The van der Waals surface area contributed by atoms with E-state index in [4.69, 9.17) is 10.5 Å². The van der Waals surface area contributed by atoms with Crippen LogP contribution >= 0.6 is 0 Å². The Kier molecular flexibility index (Phi) is 2.59. The number of rotatable bonds is 3. The van der Waals surface area contributed by atoms with Crippen LogP contribution in [0, 0.1) is 0 Å². The number of ether oxygens (including phenoxy) is 1. The topological polar surface area (TPSA) is 73.9 Å². The smallest absolute Gasteiger partial charge is 0.213 e. The van der Waals surface area contributed by atoms with Crippen LogP contribution in [0.1, 0.15) is 24.6 Å². The maximum absolute atomic E-state index is 5.83. The SMILES string of the molecule is COc1cc(-c2cc(N)nc(C3CC3)n2)ccn1. The molecule has 18 heavy (non-hydrogen) atoms. The molecule has 1 fully saturated rings. The van der Waals surface area contributed by atoms with Crippen molar-refractivity contribution in [3.8, 4) is 17.1 Å². The molecule has 92 valence electrons. The lowest BCUT2D eigenvalue weighted by molar-refractivity contribution is 0.398. The van der Waals surface area contributed by atoms with Gasteiger partial charge in [0.2, 0.25) is 5.88 Å². The Morgan fingerprint density at radius 2 is 2.11 bits per heavy atom. The van der Waals surface area contributed by atoms with E-state index in [1.165, 1.54) is 0 Å². The molecule has 0 amide bonds. The third-order valence-electron chi connectivity index (χ3n) is 2.95. The van der Waals surface area contributed by atoms with Crippen molar-refractivity contribution in [2.45, 2.75) is 18.8 Å². The van der Waals surface area contributed by atoms with Gasteiger partial charge >= 0.3 is 0 Å². The summed E-state index contributed by atoms with van der Waals surface area (Å²) in [6.45, 7) is 0. The third kappa shape index (κ3) is 2.11. The number of hydrogen-bond acceptors (Lipinski definition) is 5. The van der Waals surface area contributed by atoms with E-state index in [1.54, 1.807) is 19.4 Å². The van der Waals surface area contributed by atoms with Gasteiger partial charge in [-0.3, -0.25) is 0 Å². The molecule has 5 nitrogen and oxygen atoms in total. The van der Waals surface area contributed by atoms with E-state index < -0.39 is 0 Å². The van der Waals surface area contributed by atoms with Gasteiger partial charge in [-0.25, -0.2) is 15.0 Å². The summed E-state index contributed by atoms with van der Waals surface area (Å²) < 4.78 is 5.11. The molecule has 1 saturated carbocycles. The van der Waals surface area contributed by atoms with Crippen molar-refractivity contribution in [1.82, 2.24) is 15.0 Å². The molecule has 2 N–H and O–H groups in total. The van der Waals surface area contributed by atoms with Crippen LogP contribution in [0.3, 0.4) is 0 Å². The van der Waals surface area contributed by atoms with Crippen LogP contribution in [0.5, 0.6) is 5.88 Å². The van der Waals surface area contributed by atoms with Crippen LogP contribution < -0.4 is 10.5 Å². The highest BCUT2D eigenvalue weighted by Crippen LogP contribution is 2.39. The molecule has 0 unspecified atom stereocenters. The van der Waals surface area contributed by atoms with E-state index in [2.05, 4.69) is 15.0 Å². The minimum atomic E-state index is 0.482. The second kappa shape index (κ2) is 4.25. The van der Waals surface area contributed by atoms with Crippen molar-refractivity contribution < 1.29 is 4.74 Å². The molecule has 0 aliphatic heterocycles. The second-order valence-corrected chi connectivity index (χ2v) is 4.40. The molecule has 3 rings (SSSR count). The van der Waals surface area contributed by atoms with Crippen molar-refractivity contribution in [2.75, 3.05) is 12.8 Å². The summed E-state index contributed by atoms with van der Waals surface area (Å²) in [6.07, 6.45) is 4.01. The molecule has 0 spiro atoms. The van der Waals surface area contributed by atoms with Crippen molar-refractivity contribution in [1.29, 1.82) is 0 Å². The van der Waals surface area contributed by atoms with Crippen molar-refractivity contribution in [2.24, 2.45) is 0 Å². The molecule has 2 aromatic heterocycles. The van der Waals surface area contributed by atoms with Gasteiger partial charge in [0, 0.05) is 29.8 Å². The molecule has 0 radical (unpaired) electrons. The fourth-order valence-corrected chi connectivity index (χ4v) is 1.84. The number of methoxy groups -OCH3 is 1. The molecule has 0 aromatic carbocycles. The zero-order valence-corrected chi connectivity index (χ0v) is 10.1. The van der Waals surface area contributed by atoms with Crippen molar-refractivity contribution >= 4 is 5.82 Å². The number of nitrogens with zero attached hydrogens (tertiary/aromatic N) is 3. The molecule has 0 atom stereocenters. The van der Waals surface area contributed by atoms with Gasteiger partial charge in [-0.15, -0.1) is 0 Å². The highest BCUT2D eigenvalue weighted by molar-refractivity contribution is 5.62. The first-order valence-corrected chi connectivity index (χ1v) is 5.91. The number of anilines is 1. The van der Waals surface area contributed by atoms with E-state index in [0.29, 0.717) is 17.6 Å². The van der Waals surface area contributed by atoms with Gasteiger partial charge in [-0.2, -0.15) is 0 Å². The van der Waals surface area contributed by atoms with E-state index in [1.807, 2.05) is 12.1 Å². The lowest BCUT2D eigenvalue weighted by Crippen LogP contribution is -2.00. The highest BCUT2D eigenvalue weighted by Gasteiger charge is 2.27. The Labute approximate surface area is 105 Å². The maximum atomic E-state index is 5.83. The third-order valence-corrected chi connectivity index (χ3v) is 2.95. The average molecular weight is 242 g/mol. The zero-order valence-electron chi connectivity index (χ0n) is 10.1. The average Bonchev–Trinajstić information content (AvgIpc) is 3.22. The quantitative estimate of drug-likeness (QED) is 0.891. The molecule has 1 aliphatic rings. The lowest BCUT2D eigenvalue weighted by Gasteiger charge is -2.06. The van der Waals surface area contributed by atoms with E-state index in [9.17, 15) is 0 Å². The molecular formula is C13H14N4O. The molecular weight excluding hydrogens is 228 g/mol. The number of nitrogens with two attached hydrogens (primary N) is 1. The number of hydrogen-bond donors (Lipinski definition) is 1. The molecule has 1 aliphatic carbocycles.